The van der Waals surface area contributed by atoms with E-state index in [4.69, 9.17) is 27.2 Å². The minimum Gasteiger partial charge on any atom is -0.505 e. The van der Waals surface area contributed by atoms with Crippen molar-refractivity contribution in [3.63, 3.8) is 0 Å². The molecule has 3 aromatic carbocycles. The van der Waals surface area contributed by atoms with E-state index in [0.717, 1.165) is 16.0 Å². The van der Waals surface area contributed by atoms with Crippen molar-refractivity contribution in [3.8, 4) is 40.1 Å². The minimum absolute atomic E-state index is 0.0178. The summed E-state index contributed by atoms with van der Waals surface area (Å²) in [7, 11) is 1.34. The maximum atomic E-state index is 14.7. The molecule has 0 unspecified atom stereocenters. The number of hydrogen-bond acceptors (Lipinski definition) is 13. The lowest BCUT2D eigenvalue weighted by Gasteiger charge is -2.32. The standard InChI is InChI=1S/C47H58N12O8/c1-24-37(25(2)54-40(53-24)28-8-11-30(12-9-28)47(4,5)6)43(63)56-33(14-15-48)45(65)59(7)38-29-10-13-36(67-19-17-50)31(23-29)32-20-27(21-34(39(32)60)58-46(51)66)22-35(42(62)52-18-16-49)57-41(61)26(3)55-44(38)64/h8-13,20-21,23,26,33,35,38,60H,14-15,17-19,22,48,50H2,1-7H3,(H,52,62)(H,55,64)(H,56,63)(H,57,61)(H3,51,58,66)/t26-,33-,35-,38-/m0/s1. The number of rotatable bonds is 13. The molecule has 67 heavy (non-hydrogen) atoms. The van der Waals surface area contributed by atoms with E-state index in [0.29, 0.717) is 22.8 Å². The number of benzene rings is 3. The summed E-state index contributed by atoms with van der Waals surface area (Å²) in [6, 6.07) is 10.5. The van der Waals surface area contributed by atoms with E-state index in [2.05, 4.69) is 57.3 Å². The van der Waals surface area contributed by atoms with Gasteiger partial charge in [0.25, 0.3) is 5.91 Å². The monoisotopic (exact) mass is 918 g/mol. The molecule has 2 heterocycles. The second-order valence-electron chi connectivity index (χ2n) is 17.2. The summed E-state index contributed by atoms with van der Waals surface area (Å²) in [4.78, 5) is 93.0. The van der Waals surface area contributed by atoms with Crippen LogP contribution in [0.15, 0.2) is 54.6 Å². The van der Waals surface area contributed by atoms with Crippen molar-refractivity contribution < 1.29 is 38.6 Å². The number of nitrogens with two attached hydrogens (primary N) is 3. The van der Waals surface area contributed by atoms with Gasteiger partial charge in [0, 0.05) is 36.7 Å². The van der Waals surface area contributed by atoms with Crippen LogP contribution in [0.1, 0.15) is 78.6 Å². The van der Waals surface area contributed by atoms with E-state index < -0.39 is 65.5 Å². The molecule has 4 aromatic rings. The second kappa shape index (κ2) is 21.6. The molecule has 7 amide bonds. The third-order valence-electron chi connectivity index (χ3n) is 11.1. The number of fused-ring (bicyclic) bond motifs is 5. The summed E-state index contributed by atoms with van der Waals surface area (Å²) in [6.07, 6.45) is -0.278. The topological polar surface area (TPSA) is 323 Å². The number of nitrogens with one attached hydrogen (secondary N) is 5. The number of carbonyl (C=O) groups is 6. The van der Waals surface area contributed by atoms with Crippen LogP contribution in [-0.2, 0) is 31.0 Å². The Morgan fingerprint density at radius 2 is 1.64 bits per heavy atom. The fourth-order valence-corrected chi connectivity index (χ4v) is 7.69. The van der Waals surface area contributed by atoms with E-state index in [1.54, 1.807) is 13.8 Å². The van der Waals surface area contributed by atoms with Gasteiger partial charge in [-0.15, -0.1) is 0 Å². The van der Waals surface area contributed by atoms with E-state index in [1.807, 2.05) is 30.3 Å². The molecule has 354 valence electrons. The Morgan fingerprint density at radius 1 is 0.970 bits per heavy atom. The zero-order valence-electron chi connectivity index (χ0n) is 38.6. The molecule has 0 spiro atoms. The first kappa shape index (κ1) is 50.4. The molecule has 0 saturated heterocycles. The van der Waals surface area contributed by atoms with Crippen LogP contribution in [0.25, 0.3) is 22.5 Å². The number of urea groups is 1. The number of hydrogen-bond donors (Lipinski definition) is 9. The lowest BCUT2D eigenvalue weighted by Crippen LogP contribution is -2.56. The van der Waals surface area contributed by atoms with E-state index in [1.165, 1.54) is 44.3 Å². The van der Waals surface area contributed by atoms with Crippen LogP contribution in [0.5, 0.6) is 11.5 Å². The fraction of sp³-hybridized carbons (Fsp3) is 0.383. The van der Waals surface area contributed by atoms with Gasteiger partial charge in [0.15, 0.2) is 5.82 Å². The van der Waals surface area contributed by atoms with Crippen molar-refractivity contribution in [3.05, 3.63) is 88.2 Å². The smallest absolute Gasteiger partial charge is 0.316 e. The number of aromatic hydroxyl groups is 1. The van der Waals surface area contributed by atoms with Gasteiger partial charge in [-0.05, 0) is 80.1 Å². The number of phenols is 1. The molecule has 0 fully saturated rings. The molecular weight excluding hydrogens is 861 g/mol. The van der Waals surface area contributed by atoms with Crippen LogP contribution in [0.4, 0.5) is 10.5 Å². The number of amides is 7. The Kier molecular flexibility index (Phi) is 16.2. The number of nitrogens with zero attached hydrogens (tertiary/aromatic N) is 4. The van der Waals surface area contributed by atoms with Crippen LogP contribution in [0.2, 0.25) is 0 Å². The highest BCUT2D eigenvalue weighted by molar-refractivity contribution is 6.01. The predicted octanol–water partition coefficient (Wildman–Crippen LogP) is 2.09. The highest BCUT2D eigenvalue weighted by Crippen LogP contribution is 2.43. The molecule has 1 aliphatic heterocycles. The first-order valence-electron chi connectivity index (χ1n) is 21.6. The summed E-state index contributed by atoms with van der Waals surface area (Å²) >= 11 is 0. The predicted molar refractivity (Wildman–Crippen MR) is 249 cm³/mol. The summed E-state index contributed by atoms with van der Waals surface area (Å²) in [6.45, 7) is 10.7. The number of phenolic OH excluding ortho intramolecular Hbond substituents is 1. The Hall–Kier alpha value is -7.63. The Morgan fingerprint density at radius 3 is 2.24 bits per heavy atom. The average Bonchev–Trinajstić information content (AvgIpc) is 3.27. The quantitative estimate of drug-likeness (QED) is 0.0686. The Bertz CT molecular complexity index is 2570. The van der Waals surface area contributed by atoms with Crippen LogP contribution in [0.3, 0.4) is 0 Å². The molecular formula is C47H58N12O8. The van der Waals surface area contributed by atoms with E-state index >= 15 is 0 Å². The molecule has 20 nitrogen and oxygen atoms in total. The third-order valence-corrected chi connectivity index (χ3v) is 11.1. The van der Waals surface area contributed by atoms with Gasteiger partial charge in [0.2, 0.25) is 23.6 Å². The number of aromatic nitrogens is 2. The van der Waals surface area contributed by atoms with Gasteiger partial charge in [-0.2, -0.15) is 5.26 Å². The first-order chi connectivity index (χ1) is 31.7. The number of likely N-dealkylation sites (N-methyl/N-ethyl adjacent to an activating group) is 1. The van der Waals surface area contributed by atoms with Crippen molar-refractivity contribution in [2.24, 2.45) is 17.2 Å². The highest BCUT2D eigenvalue weighted by Gasteiger charge is 2.37. The van der Waals surface area contributed by atoms with Crippen LogP contribution in [0, 0.1) is 25.2 Å². The van der Waals surface area contributed by atoms with Gasteiger partial charge < -0.3 is 58.5 Å². The first-order valence-corrected chi connectivity index (χ1v) is 21.6. The highest BCUT2D eigenvalue weighted by atomic mass is 16.5. The molecule has 12 N–H and O–H groups in total. The van der Waals surface area contributed by atoms with Crippen LogP contribution >= 0.6 is 0 Å². The molecule has 5 rings (SSSR count). The lowest BCUT2D eigenvalue weighted by atomic mass is 9.86. The molecule has 1 aliphatic rings. The van der Waals surface area contributed by atoms with Crippen molar-refractivity contribution in [2.45, 2.75) is 84.0 Å². The molecule has 20 heteroatoms. The van der Waals surface area contributed by atoms with Crippen LogP contribution < -0.4 is 48.5 Å². The normalized spacial score (nSPS) is 16.5. The summed E-state index contributed by atoms with van der Waals surface area (Å²) in [5, 5.41) is 33.7. The summed E-state index contributed by atoms with van der Waals surface area (Å²) < 4.78 is 5.98. The average molecular weight is 919 g/mol. The molecule has 0 aliphatic carbocycles. The molecule has 4 bridgehead atoms. The van der Waals surface area contributed by atoms with E-state index in [-0.39, 0.29) is 78.2 Å². The van der Waals surface area contributed by atoms with Crippen molar-refractivity contribution in [1.29, 1.82) is 5.26 Å². The number of anilines is 1. The molecule has 0 radical (unpaired) electrons. The largest absolute Gasteiger partial charge is 0.505 e. The maximum Gasteiger partial charge on any atom is 0.316 e. The van der Waals surface area contributed by atoms with Crippen molar-refractivity contribution >= 4 is 41.3 Å². The van der Waals surface area contributed by atoms with Gasteiger partial charge >= 0.3 is 6.03 Å². The summed E-state index contributed by atoms with van der Waals surface area (Å²) in [5.41, 5.74) is 20.5. The third kappa shape index (κ3) is 12.0. The van der Waals surface area contributed by atoms with Gasteiger partial charge in [0.05, 0.1) is 28.7 Å². The van der Waals surface area contributed by atoms with Gasteiger partial charge in [0.1, 0.15) is 48.8 Å². The maximum absolute atomic E-state index is 14.7. The van der Waals surface area contributed by atoms with Gasteiger partial charge in [-0.1, -0.05) is 51.1 Å². The number of carbonyl (C=O) groups excluding carboxylic acids is 6. The van der Waals surface area contributed by atoms with Gasteiger partial charge in [-0.25, -0.2) is 14.8 Å². The van der Waals surface area contributed by atoms with Crippen molar-refractivity contribution in [1.82, 2.24) is 36.1 Å². The van der Waals surface area contributed by atoms with E-state index in [9.17, 15) is 33.9 Å². The summed E-state index contributed by atoms with van der Waals surface area (Å²) in [5.74, 6) is -3.68. The number of nitriles is 1. The number of aryl methyl sites for hydroxylation is 2. The zero-order valence-corrected chi connectivity index (χ0v) is 38.6. The number of ether oxygens (including phenoxy) is 1. The second-order valence-corrected chi connectivity index (χ2v) is 17.2. The SMILES string of the molecule is Cc1nc(-c2ccc(C(C)(C)C)cc2)nc(C)c1C(=O)N[C@@H](CCN)C(=O)N(C)[C@@H]1C(=O)N[C@@H](C)C(=O)N[C@H](C(=O)NCC#N)Cc2cc(NC(N)=O)c(O)c(c2)-c2cc1ccc2OCCN. The minimum atomic E-state index is -1.52. The van der Waals surface area contributed by atoms with Crippen LogP contribution in [-0.4, -0.2) is 107 Å². The molecule has 1 aromatic heterocycles. The number of primary amides is 1. The fourth-order valence-electron chi connectivity index (χ4n) is 7.69. The van der Waals surface area contributed by atoms with Gasteiger partial charge in [-0.3, -0.25) is 24.0 Å². The molecule has 4 atom stereocenters. The Balaban J connectivity index is 1.59. The zero-order chi connectivity index (χ0) is 49.3. The molecule has 0 saturated carbocycles. The van der Waals surface area contributed by atoms with Crippen molar-refractivity contribution in [2.75, 3.05) is 38.6 Å². The Labute approximate surface area is 388 Å². The lowest BCUT2D eigenvalue weighted by molar-refractivity contribution is -0.141.